The highest BCUT2D eigenvalue weighted by molar-refractivity contribution is 8.13. The van der Waals surface area contributed by atoms with Gasteiger partial charge >= 0.3 is 5.97 Å². The van der Waals surface area contributed by atoms with E-state index in [0.29, 0.717) is 6.61 Å². The van der Waals surface area contributed by atoms with Gasteiger partial charge in [-0.15, -0.1) is 0 Å². The zero-order chi connectivity index (χ0) is 18.1. The molecule has 0 spiro atoms. The number of halogens is 1. The predicted molar refractivity (Wildman–Crippen MR) is 89.2 cm³/mol. The second kappa shape index (κ2) is 9.86. The molecule has 10 heteroatoms. The zero-order valence-electron chi connectivity index (χ0n) is 13.1. The van der Waals surface area contributed by atoms with E-state index in [1.807, 2.05) is 0 Å². The topological polar surface area (TPSA) is 107 Å². The number of carbonyl (C=O) groups is 1. The van der Waals surface area contributed by atoms with E-state index in [1.54, 1.807) is 31.2 Å². The monoisotopic (exact) mass is 385 g/mol. The summed E-state index contributed by atoms with van der Waals surface area (Å²) >= 11 is 0. The Morgan fingerprint density at radius 2 is 1.70 bits per heavy atom. The van der Waals surface area contributed by atoms with Crippen LogP contribution in [0.1, 0.15) is 18.1 Å². The largest absolute Gasteiger partial charge is 0.466 e. The van der Waals surface area contributed by atoms with Gasteiger partial charge in [-0.25, -0.2) is 21.6 Å². The molecule has 0 radical (unpaired) electrons. The van der Waals surface area contributed by atoms with E-state index in [4.69, 9.17) is 4.74 Å². The first-order chi connectivity index (χ1) is 10.4. The number of ether oxygens (including phenoxy) is 1. The molecule has 0 unspecified atom stereocenters. The SMILES string of the molecule is CCOC(=O)Cc1cccc(CNS(C)(=O)=O)c1.CS(=O)(=O)Cl. The lowest BCUT2D eigenvalue weighted by atomic mass is 10.1. The normalized spacial score (nSPS) is 11.3. The van der Waals surface area contributed by atoms with E-state index in [9.17, 15) is 21.6 Å². The Kier molecular flexibility index (Phi) is 9.37. The molecule has 132 valence electrons. The average Bonchev–Trinajstić information content (AvgIpc) is 2.34. The first-order valence-corrected chi connectivity index (χ1v) is 11.1. The molecule has 0 saturated heterocycles. The highest BCUT2D eigenvalue weighted by Gasteiger charge is 2.05. The Labute approximate surface area is 141 Å². The Morgan fingerprint density at radius 3 is 2.17 bits per heavy atom. The van der Waals surface area contributed by atoms with Crippen LogP contribution < -0.4 is 4.72 Å². The molecular weight excluding hydrogens is 366 g/mol. The fourth-order valence-corrected chi connectivity index (χ4v) is 1.87. The first-order valence-electron chi connectivity index (χ1n) is 6.48. The fraction of sp³-hybridized carbons (Fsp3) is 0.462. The number of hydrogen-bond donors (Lipinski definition) is 1. The van der Waals surface area contributed by atoms with Crippen LogP contribution in [0, 0.1) is 0 Å². The lowest BCUT2D eigenvalue weighted by molar-refractivity contribution is -0.142. The summed E-state index contributed by atoms with van der Waals surface area (Å²) in [6.45, 7) is 2.33. The second-order valence-corrected chi connectivity index (χ2v) is 9.45. The van der Waals surface area contributed by atoms with Gasteiger partial charge < -0.3 is 4.74 Å². The predicted octanol–water partition coefficient (Wildman–Crippen LogP) is 1.03. The fourth-order valence-electron chi connectivity index (χ4n) is 1.44. The number of hydrogen-bond acceptors (Lipinski definition) is 6. The first kappa shape index (κ1) is 21.8. The lowest BCUT2D eigenvalue weighted by Crippen LogP contribution is -2.21. The molecule has 1 aromatic rings. The Bertz CT molecular complexity index is 708. The molecule has 0 saturated carbocycles. The summed E-state index contributed by atoms with van der Waals surface area (Å²) in [6, 6.07) is 7.18. The van der Waals surface area contributed by atoms with Gasteiger partial charge in [-0.05, 0) is 18.1 Å². The third-order valence-corrected chi connectivity index (χ3v) is 2.85. The summed E-state index contributed by atoms with van der Waals surface area (Å²) < 4.78 is 48.0. The molecule has 0 heterocycles. The van der Waals surface area contributed by atoms with Crippen LogP contribution in [0.3, 0.4) is 0 Å². The highest BCUT2D eigenvalue weighted by Crippen LogP contribution is 2.07. The van der Waals surface area contributed by atoms with Crippen molar-refractivity contribution in [2.75, 3.05) is 19.1 Å². The molecule has 0 aliphatic rings. The summed E-state index contributed by atoms with van der Waals surface area (Å²) in [5, 5.41) is 0. The minimum Gasteiger partial charge on any atom is -0.466 e. The summed E-state index contributed by atoms with van der Waals surface area (Å²) in [7, 11) is -1.90. The third-order valence-electron chi connectivity index (χ3n) is 2.18. The summed E-state index contributed by atoms with van der Waals surface area (Å²) in [4.78, 5) is 11.3. The van der Waals surface area contributed by atoms with Gasteiger partial charge in [0.2, 0.25) is 19.1 Å². The number of benzene rings is 1. The number of sulfonamides is 1. The van der Waals surface area contributed by atoms with E-state index in [-0.39, 0.29) is 18.9 Å². The number of rotatable bonds is 6. The smallest absolute Gasteiger partial charge is 0.310 e. The Balaban J connectivity index is 0.000000841. The van der Waals surface area contributed by atoms with Gasteiger partial charge in [0.25, 0.3) is 0 Å². The van der Waals surface area contributed by atoms with Gasteiger partial charge in [0.15, 0.2) is 0 Å². The van der Waals surface area contributed by atoms with E-state index >= 15 is 0 Å². The van der Waals surface area contributed by atoms with Crippen molar-refractivity contribution in [2.45, 2.75) is 19.9 Å². The van der Waals surface area contributed by atoms with Crippen molar-refractivity contribution in [1.29, 1.82) is 0 Å². The summed E-state index contributed by atoms with van der Waals surface area (Å²) in [6.07, 6.45) is 2.23. The van der Waals surface area contributed by atoms with Crippen LogP contribution >= 0.6 is 10.7 Å². The van der Waals surface area contributed by atoms with Crippen LogP contribution in [0.5, 0.6) is 0 Å². The van der Waals surface area contributed by atoms with Gasteiger partial charge in [-0.1, -0.05) is 24.3 Å². The summed E-state index contributed by atoms with van der Waals surface area (Å²) in [5.41, 5.74) is 1.61. The second-order valence-electron chi connectivity index (χ2n) is 4.58. The van der Waals surface area contributed by atoms with Gasteiger partial charge in [0.05, 0.1) is 25.5 Å². The van der Waals surface area contributed by atoms with Gasteiger partial charge in [0, 0.05) is 17.2 Å². The molecule has 0 aromatic heterocycles. The number of carbonyl (C=O) groups excluding carboxylic acids is 1. The molecule has 1 aromatic carbocycles. The number of nitrogens with one attached hydrogen (secondary N) is 1. The van der Waals surface area contributed by atoms with Crippen LogP contribution in [0.25, 0.3) is 0 Å². The highest BCUT2D eigenvalue weighted by atomic mass is 35.7. The standard InChI is InChI=1S/C12H17NO4S.CH3ClO2S/c1-3-17-12(14)8-10-5-4-6-11(7-10)9-13-18(2,15)16;1-5(2,3)4/h4-7,13H,3,8-9H2,1-2H3;1H3. The van der Waals surface area contributed by atoms with Crippen LogP contribution in [0.4, 0.5) is 0 Å². The maximum absolute atomic E-state index is 11.3. The third kappa shape index (κ3) is 15.5. The molecule has 0 amide bonds. The van der Waals surface area contributed by atoms with Crippen molar-refractivity contribution >= 4 is 35.7 Å². The van der Waals surface area contributed by atoms with Crippen molar-refractivity contribution in [3.8, 4) is 0 Å². The van der Waals surface area contributed by atoms with Crippen molar-refractivity contribution in [1.82, 2.24) is 4.72 Å². The van der Waals surface area contributed by atoms with E-state index in [2.05, 4.69) is 15.4 Å². The molecule has 0 bridgehead atoms. The molecule has 7 nitrogen and oxygen atoms in total. The summed E-state index contributed by atoms with van der Waals surface area (Å²) in [5.74, 6) is -0.286. The Hall–Kier alpha value is -1.16. The van der Waals surface area contributed by atoms with Gasteiger partial charge in [-0.3, -0.25) is 4.79 Å². The van der Waals surface area contributed by atoms with Crippen molar-refractivity contribution in [2.24, 2.45) is 0 Å². The molecule has 1 rings (SSSR count). The minimum absolute atomic E-state index is 0.195. The van der Waals surface area contributed by atoms with Crippen molar-refractivity contribution < 1.29 is 26.4 Å². The zero-order valence-corrected chi connectivity index (χ0v) is 15.5. The molecular formula is C13H20ClNO6S2. The van der Waals surface area contributed by atoms with Gasteiger partial charge in [-0.2, -0.15) is 0 Å². The maximum Gasteiger partial charge on any atom is 0.310 e. The quantitative estimate of drug-likeness (QED) is 0.578. The average molecular weight is 386 g/mol. The van der Waals surface area contributed by atoms with E-state index in [0.717, 1.165) is 23.6 Å². The molecule has 1 N–H and O–H groups in total. The minimum atomic E-state index is -3.21. The van der Waals surface area contributed by atoms with Crippen LogP contribution in [-0.2, 0) is 41.6 Å². The molecule has 23 heavy (non-hydrogen) atoms. The Morgan fingerprint density at radius 1 is 1.17 bits per heavy atom. The van der Waals surface area contributed by atoms with Crippen LogP contribution in [0.2, 0.25) is 0 Å². The molecule has 0 fully saturated rings. The van der Waals surface area contributed by atoms with Crippen molar-refractivity contribution in [3.63, 3.8) is 0 Å². The van der Waals surface area contributed by atoms with Crippen molar-refractivity contribution in [3.05, 3.63) is 35.4 Å². The maximum atomic E-state index is 11.3. The molecule has 0 aliphatic heterocycles. The van der Waals surface area contributed by atoms with Crippen LogP contribution in [0.15, 0.2) is 24.3 Å². The molecule has 0 atom stereocenters. The van der Waals surface area contributed by atoms with Gasteiger partial charge in [0.1, 0.15) is 0 Å². The van der Waals surface area contributed by atoms with E-state index < -0.39 is 19.1 Å². The van der Waals surface area contributed by atoms with E-state index in [1.165, 1.54) is 0 Å². The number of esters is 1. The molecule has 0 aliphatic carbocycles. The lowest BCUT2D eigenvalue weighted by Gasteiger charge is -2.06. The van der Waals surface area contributed by atoms with Crippen LogP contribution in [-0.4, -0.2) is 41.9 Å².